The maximum absolute atomic E-state index is 5.31. The van der Waals surface area contributed by atoms with Gasteiger partial charge in [0.15, 0.2) is 5.82 Å². The SMILES string of the molecule is COc1ccc(-c2nc([C@H]3CCNC3)no2)cc1. The molecule has 1 aliphatic heterocycles. The van der Waals surface area contributed by atoms with E-state index in [4.69, 9.17) is 9.26 Å². The van der Waals surface area contributed by atoms with Gasteiger partial charge in [-0.2, -0.15) is 4.98 Å². The normalized spacial score (nSPS) is 19.1. The molecule has 18 heavy (non-hydrogen) atoms. The standard InChI is InChI=1S/C13H15N3O2/c1-17-11-4-2-9(3-5-11)13-15-12(16-18-13)10-6-7-14-8-10/h2-5,10,14H,6-8H2,1H3/t10-/m0/s1. The Morgan fingerprint density at radius 1 is 1.33 bits per heavy atom. The number of hydrogen-bond acceptors (Lipinski definition) is 5. The van der Waals surface area contributed by atoms with Crippen molar-refractivity contribution in [3.63, 3.8) is 0 Å². The van der Waals surface area contributed by atoms with Crippen molar-refractivity contribution in [3.05, 3.63) is 30.1 Å². The average molecular weight is 245 g/mol. The molecule has 2 heterocycles. The van der Waals surface area contributed by atoms with Crippen molar-refractivity contribution < 1.29 is 9.26 Å². The van der Waals surface area contributed by atoms with E-state index < -0.39 is 0 Å². The highest BCUT2D eigenvalue weighted by molar-refractivity contribution is 5.54. The van der Waals surface area contributed by atoms with Gasteiger partial charge in [0, 0.05) is 18.0 Å². The summed E-state index contributed by atoms with van der Waals surface area (Å²) in [4.78, 5) is 4.46. The quantitative estimate of drug-likeness (QED) is 0.893. The minimum atomic E-state index is 0.376. The van der Waals surface area contributed by atoms with Crippen LogP contribution < -0.4 is 10.1 Å². The fourth-order valence-corrected chi connectivity index (χ4v) is 2.13. The molecule has 0 radical (unpaired) electrons. The minimum Gasteiger partial charge on any atom is -0.497 e. The molecule has 1 fully saturated rings. The summed E-state index contributed by atoms with van der Waals surface area (Å²) in [6.07, 6.45) is 1.07. The second-order valence-electron chi connectivity index (χ2n) is 4.38. The molecule has 1 aliphatic rings. The molecule has 0 saturated carbocycles. The Morgan fingerprint density at radius 2 is 2.17 bits per heavy atom. The number of hydrogen-bond donors (Lipinski definition) is 1. The summed E-state index contributed by atoms with van der Waals surface area (Å²) in [5.41, 5.74) is 0.917. The summed E-state index contributed by atoms with van der Waals surface area (Å²) < 4.78 is 10.4. The smallest absolute Gasteiger partial charge is 0.257 e. The maximum atomic E-state index is 5.31. The highest BCUT2D eigenvalue weighted by Gasteiger charge is 2.22. The monoisotopic (exact) mass is 245 g/mol. The molecule has 0 spiro atoms. The molecule has 94 valence electrons. The largest absolute Gasteiger partial charge is 0.497 e. The fraction of sp³-hybridized carbons (Fsp3) is 0.385. The maximum Gasteiger partial charge on any atom is 0.257 e. The van der Waals surface area contributed by atoms with E-state index in [-0.39, 0.29) is 0 Å². The molecule has 0 unspecified atom stereocenters. The second-order valence-corrected chi connectivity index (χ2v) is 4.38. The van der Waals surface area contributed by atoms with Gasteiger partial charge in [0.2, 0.25) is 0 Å². The molecule has 0 amide bonds. The van der Waals surface area contributed by atoms with E-state index in [0.717, 1.165) is 36.6 Å². The van der Waals surface area contributed by atoms with Crippen LogP contribution in [-0.2, 0) is 0 Å². The third-order valence-corrected chi connectivity index (χ3v) is 3.20. The molecule has 1 aromatic carbocycles. The Hall–Kier alpha value is -1.88. The van der Waals surface area contributed by atoms with Crippen LogP contribution in [0.1, 0.15) is 18.2 Å². The van der Waals surface area contributed by atoms with Gasteiger partial charge in [-0.05, 0) is 37.2 Å². The summed E-state index contributed by atoms with van der Waals surface area (Å²) in [6.45, 7) is 1.96. The first kappa shape index (κ1) is 11.2. The van der Waals surface area contributed by atoms with E-state index in [1.54, 1.807) is 7.11 Å². The zero-order valence-corrected chi connectivity index (χ0v) is 10.2. The van der Waals surface area contributed by atoms with Gasteiger partial charge in [0.1, 0.15) is 5.75 Å². The highest BCUT2D eigenvalue weighted by atomic mass is 16.5. The van der Waals surface area contributed by atoms with Gasteiger partial charge in [-0.1, -0.05) is 5.16 Å². The lowest BCUT2D eigenvalue weighted by molar-refractivity contribution is 0.413. The number of methoxy groups -OCH3 is 1. The van der Waals surface area contributed by atoms with Crippen molar-refractivity contribution in [2.45, 2.75) is 12.3 Å². The molecule has 1 atom stereocenters. The summed E-state index contributed by atoms with van der Waals surface area (Å²) in [5.74, 6) is 2.56. The number of aromatic nitrogens is 2. The Kier molecular flexibility index (Phi) is 2.98. The van der Waals surface area contributed by atoms with Crippen LogP contribution in [0.3, 0.4) is 0 Å². The van der Waals surface area contributed by atoms with Gasteiger partial charge in [-0.15, -0.1) is 0 Å². The lowest BCUT2D eigenvalue weighted by Crippen LogP contribution is -2.08. The Morgan fingerprint density at radius 3 is 2.83 bits per heavy atom. The molecule has 5 heteroatoms. The van der Waals surface area contributed by atoms with Crippen LogP contribution in [0.25, 0.3) is 11.5 Å². The molecule has 5 nitrogen and oxygen atoms in total. The molecule has 1 N–H and O–H groups in total. The van der Waals surface area contributed by atoms with Crippen LogP contribution in [-0.4, -0.2) is 30.3 Å². The summed E-state index contributed by atoms with van der Waals surface area (Å²) in [5, 5.41) is 7.36. The zero-order valence-electron chi connectivity index (χ0n) is 10.2. The Balaban J connectivity index is 1.82. The molecule has 0 bridgehead atoms. The van der Waals surface area contributed by atoms with Crippen LogP contribution in [0.4, 0.5) is 0 Å². The Bertz CT molecular complexity index is 515. The number of nitrogens with zero attached hydrogens (tertiary/aromatic N) is 2. The molecule has 0 aliphatic carbocycles. The van der Waals surface area contributed by atoms with Gasteiger partial charge in [0.05, 0.1) is 7.11 Å². The lowest BCUT2D eigenvalue weighted by atomic mass is 10.1. The average Bonchev–Trinajstić information content (AvgIpc) is 3.09. The third-order valence-electron chi connectivity index (χ3n) is 3.20. The molecule has 1 aromatic heterocycles. The molecule has 1 saturated heterocycles. The first-order chi connectivity index (χ1) is 8.86. The first-order valence-corrected chi connectivity index (χ1v) is 6.05. The predicted molar refractivity (Wildman–Crippen MR) is 66.5 cm³/mol. The first-order valence-electron chi connectivity index (χ1n) is 6.05. The number of nitrogens with one attached hydrogen (secondary N) is 1. The molecular weight excluding hydrogens is 230 g/mol. The van der Waals surface area contributed by atoms with Crippen molar-refractivity contribution in [3.8, 4) is 17.2 Å². The zero-order chi connectivity index (χ0) is 12.4. The van der Waals surface area contributed by atoms with E-state index in [2.05, 4.69) is 15.5 Å². The van der Waals surface area contributed by atoms with E-state index in [1.165, 1.54) is 0 Å². The van der Waals surface area contributed by atoms with Gasteiger partial charge >= 0.3 is 0 Å². The molecular formula is C13H15N3O2. The van der Waals surface area contributed by atoms with Crippen LogP contribution >= 0.6 is 0 Å². The summed E-state index contributed by atoms with van der Waals surface area (Å²) >= 11 is 0. The molecule has 3 rings (SSSR count). The predicted octanol–water partition coefficient (Wildman–Crippen LogP) is 1.82. The van der Waals surface area contributed by atoms with Crippen LogP contribution in [0.5, 0.6) is 5.75 Å². The van der Waals surface area contributed by atoms with Gasteiger partial charge in [-0.3, -0.25) is 0 Å². The lowest BCUT2D eigenvalue weighted by Gasteiger charge is -2.00. The van der Waals surface area contributed by atoms with Crippen molar-refractivity contribution in [2.75, 3.05) is 20.2 Å². The minimum absolute atomic E-state index is 0.376. The summed E-state index contributed by atoms with van der Waals surface area (Å²) in [7, 11) is 1.65. The number of ether oxygens (including phenoxy) is 1. The third kappa shape index (κ3) is 2.09. The van der Waals surface area contributed by atoms with E-state index in [1.807, 2.05) is 24.3 Å². The fourth-order valence-electron chi connectivity index (χ4n) is 2.13. The summed E-state index contributed by atoms with van der Waals surface area (Å²) in [6, 6.07) is 7.61. The van der Waals surface area contributed by atoms with Crippen LogP contribution in [0.15, 0.2) is 28.8 Å². The van der Waals surface area contributed by atoms with Crippen molar-refractivity contribution in [1.82, 2.24) is 15.5 Å². The van der Waals surface area contributed by atoms with Crippen molar-refractivity contribution >= 4 is 0 Å². The van der Waals surface area contributed by atoms with Crippen molar-refractivity contribution in [1.29, 1.82) is 0 Å². The highest BCUT2D eigenvalue weighted by Crippen LogP contribution is 2.24. The van der Waals surface area contributed by atoms with E-state index in [0.29, 0.717) is 11.8 Å². The van der Waals surface area contributed by atoms with Gasteiger partial charge in [-0.25, -0.2) is 0 Å². The van der Waals surface area contributed by atoms with Crippen molar-refractivity contribution in [2.24, 2.45) is 0 Å². The number of benzene rings is 1. The topological polar surface area (TPSA) is 60.2 Å². The van der Waals surface area contributed by atoms with Crippen LogP contribution in [0.2, 0.25) is 0 Å². The molecule has 2 aromatic rings. The van der Waals surface area contributed by atoms with E-state index >= 15 is 0 Å². The number of rotatable bonds is 3. The second kappa shape index (κ2) is 4.78. The van der Waals surface area contributed by atoms with Crippen LogP contribution in [0, 0.1) is 0 Å². The van der Waals surface area contributed by atoms with E-state index in [9.17, 15) is 0 Å². The van der Waals surface area contributed by atoms with Gasteiger partial charge in [0.25, 0.3) is 5.89 Å². The Labute approximate surface area is 105 Å². The van der Waals surface area contributed by atoms with Gasteiger partial charge < -0.3 is 14.6 Å².